The lowest BCUT2D eigenvalue weighted by Gasteiger charge is -2.43. The van der Waals surface area contributed by atoms with Gasteiger partial charge in [-0.15, -0.1) is 0 Å². The molecule has 0 radical (unpaired) electrons. The first-order chi connectivity index (χ1) is 6.65. The predicted molar refractivity (Wildman–Crippen MR) is 50.3 cm³/mol. The lowest BCUT2D eigenvalue weighted by molar-refractivity contribution is -0.134. The highest BCUT2D eigenvalue weighted by Gasteiger charge is 2.45. The summed E-state index contributed by atoms with van der Waals surface area (Å²) >= 11 is 0. The van der Waals surface area contributed by atoms with Crippen LogP contribution in [0, 0.1) is 5.82 Å². The van der Waals surface area contributed by atoms with Gasteiger partial charge in [-0.3, -0.25) is 0 Å². The summed E-state index contributed by atoms with van der Waals surface area (Å²) in [6.45, 7) is 0. The summed E-state index contributed by atoms with van der Waals surface area (Å²) in [6.07, 6.45) is 1.01. The normalized spacial score (nSPS) is 31.2. The Balaban J connectivity index is 2.21. The largest absolute Gasteiger partial charge is 0.385 e. The van der Waals surface area contributed by atoms with E-state index in [1.54, 1.807) is 25.3 Å². The van der Waals surface area contributed by atoms with Crippen molar-refractivity contribution in [3.05, 3.63) is 35.6 Å². The number of aliphatic hydroxyl groups is 1. The minimum Gasteiger partial charge on any atom is -0.385 e. The minimum absolute atomic E-state index is 0.0552. The number of hydrogen-bond acceptors (Lipinski definition) is 2. The first kappa shape index (κ1) is 9.62. The average Bonchev–Trinajstić information content (AvgIpc) is 2.13. The summed E-state index contributed by atoms with van der Waals surface area (Å²) in [5, 5.41) is 10.0. The lowest BCUT2D eigenvalue weighted by Crippen LogP contribution is -2.45. The Kier molecular flexibility index (Phi) is 2.29. The summed E-state index contributed by atoms with van der Waals surface area (Å²) in [5.41, 5.74) is -0.639. The van der Waals surface area contributed by atoms with E-state index in [1.807, 2.05) is 0 Å². The molecule has 0 aliphatic heterocycles. The van der Waals surface area contributed by atoms with Crippen LogP contribution in [0.1, 0.15) is 18.4 Å². The highest BCUT2D eigenvalue weighted by Crippen LogP contribution is 2.43. The van der Waals surface area contributed by atoms with Crippen LogP contribution in [-0.2, 0) is 10.3 Å². The van der Waals surface area contributed by atoms with Gasteiger partial charge in [-0.1, -0.05) is 18.2 Å². The van der Waals surface area contributed by atoms with E-state index in [0.29, 0.717) is 18.4 Å². The summed E-state index contributed by atoms with van der Waals surface area (Å²) < 4.78 is 18.4. The molecule has 1 aliphatic rings. The zero-order valence-corrected chi connectivity index (χ0v) is 8.03. The number of methoxy groups -OCH3 is 1. The molecule has 3 heteroatoms. The second kappa shape index (κ2) is 3.33. The molecule has 0 atom stereocenters. The first-order valence-corrected chi connectivity index (χ1v) is 4.66. The molecule has 0 aromatic heterocycles. The Labute approximate surface area is 82.3 Å². The second-order valence-electron chi connectivity index (χ2n) is 3.78. The van der Waals surface area contributed by atoms with Crippen molar-refractivity contribution in [1.29, 1.82) is 0 Å². The number of benzene rings is 1. The molecule has 76 valence electrons. The van der Waals surface area contributed by atoms with Gasteiger partial charge in [0.1, 0.15) is 5.82 Å². The molecule has 0 bridgehead atoms. The van der Waals surface area contributed by atoms with Crippen molar-refractivity contribution in [3.63, 3.8) is 0 Å². The zero-order chi connectivity index (χ0) is 10.2. The molecule has 0 heterocycles. The van der Waals surface area contributed by atoms with Crippen molar-refractivity contribution >= 4 is 0 Å². The number of ether oxygens (including phenoxy) is 1. The summed E-state index contributed by atoms with van der Waals surface area (Å²) in [7, 11) is 1.60. The Morgan fingerprint density at radius 2 is 2.07 bits per heavy atom. The molecule has 1 N–H and O–H groups in total. The van der Waals surface area contributed by atoms with Crippen LogP contribution in [-0.4, -0.2) is 18.3 Å². The third-order valence-corrected chi connectivity index (χ3v) is 2.84. The molecular formula is C11H13FO2. The fourth-order valence-electron chi connectivity index (χ4n) is 1.92. The number of rotatable bonds is 2. The molecule has 14 heavy (non-hydrogen) atoms. The predicted octanol–water partition coefficient (Wildman–Crippen LogP) is 1.82. The van der Waals surface area contributed by atoms with E-state index in [-0.39, 0.29) is 11.9 Å². The van der Waals surface area contributed by atoms with E-state index >= 15 is 0 Å². The molecule has 1 aromatic rings. The Morgan fingerprint density at radius 1 is 1.43 bits per heavy atom. The van der Waals surface area contributed by atoms with Crippen LogP contribution < -0.4 is 0 Å². The van der Waals surface area contributed by atoms with Gasteiger partial charge >= 0.3 is 0 Å². The van der Waals surface area contributed by atoms with E-state index in [4.69, 9.17) is 4.74 Å². The molecule has 0 spiro atoms. The molecule has 1 saturated carbocycles. The smallest absolute Gasteiger partial charge is 0.129 e. The molecule has 2 nitrogen and oxygen atoms in total. The Bertz CT molecular complexity index is 332. The molecule has 1 aliphatic carbocycles. The van der Waals surface area contributed by atoms with Crippen LogP contribution in [0.3, 0.4) is 0 Å². The monoisotopic (exact) mass is 196 g/mol. The number of hydrogen-bond donors (Lipinski definition) is 1. The Morgan fingerprint density at radius 3 is 2.64 bits per heavy atom. The van der Waals surface area contributed by atoms with Crippen molar-refractivity contribution in [2.24, 2.45) is 0 Å². The molecule has 1 fully saturated rings. The van der Waals surface area contributed by atoms with Gasteiger partial charge in [-0.25, -0.2) is 4.39 Å². The van der Waals surface area contributed by atoms with Gasteiger partial charge in [0.15, 0.2) is 0 Å². The summed E-state index contributed by atoms with van der Waals surface area (Å²) in [4.78, 5) is 0. The first-order valence-electron chi connectivity index (χ1n) is 4.66. The van der Waals surface area contributed by atoms with Gasteiger partial charge in [-0.2, -0.15) is 0 Å². The molecule has 2 rings (SSSR count). The van der Waals surface area contributed by atoms with Gasteiger partial charge < -0.3 is 9.84 Å². The van der Waals surface area contributed by atoms with E-state index in [9.17, 15) is 9.50 Å². The van der Waals surface area contributed by atoms with Crippen LogP contribution in [0.4, 0.5) is 4.39 Å². The van der Waals surface area contributed by atoms with E-state index in [2.05, 4.69) is 0 Å². The van der Waals surface area contributed by atoms with Crippen LogP contribution in [0.25, 0.3) is 0 Å². The third kappa shape index (κ3) is 1.42. The highest BCUT2D eigenvalue weighted by atomic mass is 19.1. The third-order valence-electron chi connectivity index (χ3n) is 2.84. The average molecular weight is 196 g/mol. The van der Waals surface area contributed by atoms with Crippen LogP contribution in [0.2, 0.25) is 0 Å². The molecule has 0 amide bonds. The fourth-order valence-corrected chi connectivity index (χ4v) is 1.92. The van der Waals surface area contributed by atoms with Crippen molar-refractivity contribution in [3.8, 4) is 0 Å². The zero-order valence-electron chi connectivity index (χ0n) is 8.03. The van der Waals surface area contributed by atoms with Crippen molar-refractivity contribution in [1.82, 2.24) is 0 Å². The fraction of sp³-hybridized carbons (Fsp3) is 0.455. The van der Waals surface area contributed by atoms with Gasteiger partial charge in [0.25, 0.3) is 0 Å². The summed E-state index contributed by atoms with van der Waals surface area (Å²) in [6, 6.07) is 6.35. The molecule has 0 saturated heterocycles. The SMILES string of the molecule is COC1CC(O)(c2ccccc2F)C1. The van der Waals surface area contributed by atoms with E-state index in [0.717, 1.165) is 0 Å². The standard InChI is InChI=1S/C11H13FO2/c1-14-8-6-11(13,7-8)9-4-2-3-5-10(9)12/h2-5,8,13H,6-7H2,1H3. The number of halogens is 1. The van der Waals surface area contributed by atoms with Crippen LogP contribution in [0.5, 0.6) is 0 Å². The van der Waals surface area contributed by atoms with E-state index < -0.39 is 5.60 Å². The molecule has 0 unspecified atom stereocenters. The van der Waals surface area contributed by atoms with Gasteiger partial charge in [0, 0.05) is 25.5 Å². The molecule has 1 aromatic carbocycles. The van der Waals surface area contributed by atoms with Gasteiger partial charge in [-0.05, 0) is 6.07 Å². The maximum Gasteiger partial charge on any atom is 0.129 e. The summed E-state index contributed by atoms with van der Waals surface area (Å²) in [5.74, 6) is -0.343. The van der Waals surface area contributed by atoms with Crippen molar-refractivity contribution < 1.29 is 14.2 Å². The lowest BCUT2D eigenvalue weighted by atomic mass is 9.72. The topological polar surface area (TPSA) is 29.5 Å². The van der Waals surface area contributed by atoms with Gasteiger partial charge in [0.05, 0.1) is 11.7 Å². The van der Waals surface area contributed by atoms with Crippen LogP contribution >= 0.6 is 0 Å². The second-order valence-corrected chi connectivity index (χ2v) is 3.78. The quantitative estimate of drug-likeness (QED) is 0.781. The van der Waals surface area contributed by atoms with Gasteiger partial charge in [0.2, 0.25) is 0 Å². The Hall–Kier alpha value is -0.930. The maximum absolute atomic E-state index is 13.3. The molecular weight excluding hydrogens is 183 g/mol. The highest BCUT2D eigenvalue weighted by molar-refractivity contribution is 5.27. The van der Waals surface area contributed by atoms with Crippen LogP contribution in [0.15, 0.2) is 24.3 Å². The van der Waals surface area contributed by atoms with E-state index in [1.165, 1.54) is 6.07 Å². The minimum atomic E-state index is -1.02. The maximum atomic E-state index is 13.3. The van der Waals surface area contributed by atoms with Crippen molar-refractivity contribution in [2.75, 3.05) is 7.11 Å². The van der Waals surface area contributed by atoms with Crippen molar-refractivity contribution in [2.45, 2.75) is 24.5 Å².